The van der Waals surface area contributed by atoms with Gasteiger partial charge in [0.15, 0.2) is 0 Å². The molecule has 35 heavy (non-hydrogen) atoms. The molecule has 1 aliphatic rings. The smallest absolute Gasteiger partial charge is 0.475 e. The Morgan fingerprint density at radius 2 is 1.74 bits per heavy atom. The summed E-state index contributed by atoms with van der Waals surface area (Å²) < 4.78 is 96.1. The zero-order valence-electron chi connectivity index (χ0n) is 17.7. The largest absolute Gasteiger partial charge is 0.573 e. The summed E-state index contributed by atoms with van der Waals surface area (Å²) in [5.74, 6) is -3.47. The highest BCUT2D eigenvalue weighted by molar-refractivity contribution is 5.96. The zero-order valence-corrected chi connectivity index (χ0v) is 17.7. The molecular formula is C19H17F6NO9. The van der Waals surface area contributed by atoms with E-state index in [1.807, 2.05) is 0 Å². The van der Waals surface area contributed by atoms with Crippen LogP contribution in [0.1, 0.15) is 24.0 Å². The molecule has 194 valence electrons. The molecule has 10 nitrogen and oxygen atoms in total. The second kappa shape index (κ2) is 11.1. The van der Waals surface area contributed by atoms with Crippen molar-refractivity contribution in [2.45, 2.75) is 38.4 Å². The molecule has 1 atom stereocenters. The first kappa shape index (κ1) is 27.5. The highest BCUT2D eigenvalue weighted by atomic mass is 19.4. The van der Waals surface area contributed by atoms with Gasteiger partial charge in [0.25, 0.3) is 5.09 Å². The molecule has 0 spiro atoms. The number of carbonyl (C=O) groups excluding carboxylic acids is 2. The maximum Gasteiger partial charge on any atom is 0.573 e. The third kappa shape index (κ3) is 8.53. The van der Waals surface area contributed by atoms with E-state index in [4.69, 9.17) is 4.74 Å². The van der Waals surface area contributed by atoms with Gasteiger partial charge in [-0.05, 0) is 37.1 Å². The van der Waals surface area contributed by atoms with Gasteiger partial charge in [-0.25, -0.2) is 4.79 Å². The molecule has 0 fully saturated rings. The number of carbonyl (C=O) groups is 2. The van der Waals surface area contributed by atoms with Crippen molar-refractivity contribution in [2.75, 3.05) is 19.8 Å². The Bertz CT molecular complexity index is 990. The Labute approximate surface area is 192 Å². The quantitative estimate of drug-likeness (QED) is 0.150. The van der Waals surface area contributed by atoms with Gasteiger partial charge < -0.3 is 23.8 Å². The molecule has 0 radical (unpaired) electrons. The third-order valence-electron chi connectivity index (χ3n) is 4.17. The summed E-state index contributed by atoms with van der Waals surface area (Å²) in [4.78, 5) is 37.7. The molecule has 0 aromatic heterocycles. The summed E-state index contributed by atoms with van der Waals surface area (Å²) >= 11 is 0. The van der Waals surface area contributed by atoms with Crippen LogP contribution in [-0.4, -0.2) is 55.5 Å². The number of aryl methyl sites for hydroxylation is 1. The number of hydrogen-bond donors (Lipinski definition) is 0. The molecule has 1 aromatic rings. The van der Waals surface area contributed by atoms with Crippen LogP contribution in [0.4, 0.5) is 26.3 Å². The Morgan fingerprint density at radius 1 is 1.09 bits per heavy atom. The van der Waals surface area contributed by atoms with E-state index in [1.54, 1.807) is 0 Å². The molecule has 1 aliphatic heterocycles. The third-order valence-corrected chi connectivity index (χ3v) is 4.17. The van der Waals surface area contributed by atoms with Crippen molar-refractivity contribution in [3.63, 3.8) is 0 Å². The summed E-state index contributed by atoms with van der Waals surface area (Å²) in [7, 11) is 0. The van der Waals surface area contributed by atoms with Crippen molar-refractivity contribution in [2.24, 2.45) is 0 Å². The average molecular weight is 517 g/mol. The number of halogens is 6. The van der Waals surface area contributed by atoms with Crippen LogP contribution in [0, 0.1) is 17.0 Å². The fourth-order valence-corrected chi connectivity index (χ4v) is 2.86. The van der Waals surface area contributed by atoms with E-state index in [0.717, 1.165) is 12.1 Å². The molecule has 0 saturated carbocycles. The van der Waals surface area contributed by atoms with Crippen LogP contribution >= 0.6 is 0 Å². The molecule has 0 N–H and O–H groups in total. The lowest BCUT2D eigenvalue weighted by molar-refractivity contribution is -0.757. The Morgan fingerprint density at radius 3 is 2.34 bits per heavy atom. The van der Waals surface area contributed by atoms with Gasteiger partial charge in [0.05, 0.1) is 12.2 Å². The lowest BCUT2D eigenvalue weighted by Gasteiger charge is -2.29. The SMILES string of the molecule is Cc1cc(OC(F)(F)F)cc2c1O[C@H](C(F)(F)F)C(C(=O)OCCOC(=O)CCCO[N+](=O)[O-])=C2. The summed E-state index contributed by atoms with van der Waals surface area (Å²) in [6, 6.07) is 1.58. The van der Waals surface area contributed by atoms with Crippen molar-refractivity contribution in [1.82, 2.24) is 0 Å². The topological polar surface area (TPSA) is 123 Å². The number of hydrogen-bond acceptors (Lipinski definition) is 9. The van der Waals surface area contributed by atoms with Crippen LogP contribution in [-0.2, 0) is 23.9 Å². The number of ether oxygens (including phenoxy) is 4. The maximum atomic E-state index is 13.5. The lowest BCUT2D eigenvalue weighted by atomic mass is 9.99. The molecule has 1 aromatic carbocycles. The van der Waals surface area contributed by atoms with E-state index < -0.39 is 66.0 Å². The van der Waals surface area contributed by atoms with Crippen LogP contribution in [0.5, 0.6) is 11.5 Å². The van der Waals surface area contributed by atoms with Crippen molar-refractivity contribution in [1.29, 1.82) is 0 Å². The minimum Gasteiger partial charge on any atom is -0.475 e. The molecule has 16 heteroatoms. The van der Waals surface area contributed by atoms with Crippen molar-refractivity contribution >= 4 is 18.0 Å². The molecule has 0 unspecified atom stereocenters. The summed E-state index contributed by atoms with van der Waals surface area (Å²) in [5.41, 5.74) is -1.42. The number of esters is 2. The summed E-state index contributed by atoms with van der Waals surface area (Å²) in [6.07, 6.45) is -12.5. The van der Waals surface area contributed by atoms with Crippen molar-refractivity contribution in [3.05, 3.63) is 38.9 Å². The standard InChI is InChI=1S/C19H17F6NO9/c1-10-7-12(35-19(23,24)25)8-11-9-13(16(18(20,21)22)34-15(10)11)17(28)32-6-5-31-14(27)3-2-4-33-26(29)30/h7-9,16H,2-6H2,1H3/t16-/m0/s1. The van der Waals surface area contributed by atoms with Gasteiger partial charge in [0.2, 0.25) is 6.10 Å². The zero-order chi connectivity index (χ0) is 26.4. The fraction of sp³-hybridized carbons (Fsp3) is 0.474. The monoisotopic (exact) mass is 517 g/mol. The van der Waals surface area contributed by atoms with Gasteiger partial charge in [-0.15, -0.1) is 23.3 Å². The Balaban J connectivity index is 2.06. The first-order valence-corrected chi connectivity index (χ1v) is 9.63. The Hall–Kier alpha value is -3.72. The average Bonchev–Trinajstić information content (AvgIpc) is 2.71. The van der Waals surface area contributed by atoms with Gasteiger partial charge in [0, 0.05) is 12.0 Å². The van der Waals surface area contributed by atoms with Crippen LogP contribution in [0.15, 0.2) is 17.7 Å². The van der Waals surface area contributed by atoms with E-state index in [9.17, 15) is 46.0 Å². The van der Waals surface area contributed by atoms with Crippen LogP contribution < -0.4 is 9.47 Å². The second-order valence-corrected chi connectivity index (χ2v) is 6.86. The van der Waals surface area contributed by atoms with Gasteiger partial charge in [-0.3, -0.25) is 4.79 Å². The molecule has 0 aliphatic carbocycles. The van der Waals surface area contributed by atoms with E-state index in [1.165, 1.54) is 6.92 Å². The number of fused-ring (bicyclic) bond motifs is 1. The first-order valence-electron chi connectivity index (χ1n) is 9.63. The highest BCUT2D eigenvalue weighted by Gasteiger charge is 2.49. The van der Waals surface area contributed by atoms with Gasteiger partial charge in [0.1, 0.15) is 24.7 Å². The van der Waals surface area contributed by atoms with Crippen LogP contribution in [0.2, 0.25) is 0 Å². The Kier molecular flexibility index (Phi) is 8.76. The van der Waals surface area contributed by atoms with Crippen molar-refractivity contribution in [3.8, 4) is 11.5 Å². The van der Waals surface area contributed by atoms with E-state index in [0.29, 0.717) is 6.08 Å². The number of rotatable bonds is 10. The second-order valence-electron chi connectivity index (χ2n) is 6.86. The van der Waals surface area contributed by atoms with Gasteiger partial charge >= 0.3 is 24.5 Å². The normalized spacial score (nSPS) is 15.3. The van der Waals surface area contributed by atoms with E-state index >= 15 is 0 Å². The highest BCUT2D eigenvalue weighted by Crippen LogP contribution is 2.41. The van der Waals surface area contributed by atoms with Crippen LogP contribution in [0.3, 0.4) is 0 Å². The van der Waals surface area contributed by atoms with Gasteiger partial charge in [-0.2, -0.15) is 13.2 Å². The summed E-state index contributed by atoms with van der Waals surface area (Å²) in [6.45, 7) is -0.350. The minimum absolute atomic E-state index is 0.0457. The number of nitrogens with zero attached hydrogens (tertiary/aromatic N) is 1. The fourth-order valence-electron chi connectivity index (χ4n) is 2.86. The van der Waals surface area contributed by atoms with Crippen molar-refractivity contribution < 1.29 is 64.8 Å². The van der Waals surface area contributed by atoms with Crippen LogP contribution in [0.25, 0.3) is 6.08 Å². The molecule has 0 saturated heterocycles. The molecule has 2 rings (SSSR count). The van der Waals surface area contributed by atoms with Gasteiger partial charge in [-0.1, -0.05) is 0 Å². The summed E-state index contributed by atoms with van der Waals surface area (Å²) in [5, 5.41) is 8.93. The predicted molar refractivity (Wildman–Crippen MR) is 100 cm³/mol. The first-order chi connectivity index (χ1) is 16.2. The molecular weight excluding hydrogens is 500 g/mol. The molecule has 0 bridgehead atoms. The predicted octanol–water partition coefficient (Wildman–Crippen LogP) is 3.68. The lowest BCUT2D eigenvalue weighted by Crippen LogP contribution is -2.41. The molecule has 1 heterocycles. The molecule has 0 amide bonds. The number of benzene rings is 1. The minimum atomic E-state index is -5.07. The van der Waals surface area contributed by atoms with E-state index in [2.05, 4.69) is 19.0 Å². The van der Waals surface area contributed by atoms with E-state index in [-0.39, 0.29) is 30.6 Å². The number of alkyl halides is 6. The maximum absolute atomic E-state index is 13.5.